The first-order chi connectivity index (χ1) is 9.60. The molecule has 1 aromatic rings. The zero-order valence-corrected chi connectivity index (χ0v) is 14.7. The molecule has 0 aromatic carbocycles. The Morgan fingerprint density at radius 3 is 2.80 bits per heavy atom. The van der Waals surface area contributed by atoms with Crippen molar-refractivity contribution in [3.05, 3.63) is 15.1 Å². The van der Waals surface area contributed by atoms with Crippen LogP contribution in [0.25, 0.3) is 0 Å². The van der Waals surface area contributed by atoms with Crippen LogP contribution in [0.1, 0.15) is 45.1 Å². The summed E-state index contributed by atoms with van der Waals surface area (Å²) in [5, 5.41) is 3.36. The molecule has 2 heterocycles. The van der Waals surface area contributed by atoms with Gasteiger partial charge in [-0.2, -0.15) is 0 Å². The third-order valence-electron chi connectivity index (χ3n) is 3.35. The third-order valence-corrected chi connectivity index (χ3v) is 4.48. The molecule has 1 aromatic heterocycles. The molecule has 0 saturated carbocycles. The number of rotatable bonds is 6. The number of nitrogens with one attached hydrogen (secondary N) is 1. The van der Waals surface area contributed by atoms with Gasteiger partial charge in [0.15, 0.2) is 0 Å². The van der Waals surface area contributed by atoms with Gasteiger partial charge in [-0.3, -0.25) is 0 Å². The van der Waals surface area contributed by atoms with Gasteiger partial charge in [0.25, 0.3) is 0 Å². The minimum absolute atomic E-state index is 0.302. The molecule has 1 unspecified atom stereocenters. The van der Waals surface area contributed by atoms with Gasteiger partial charge in [0.1, 0.15) is 11.6 Å². The van der Waals surface area contributed by atoms with Crippen molar-refractivity contribution in [3.8, 4) is 0 Å². The Labute approximate surface area is 135 Å². The minimum atomic E-state index is 0.302. The number of halogens is 1. The molecule has 1 aliphatic heterocycles. The van der Waals surface area contributed by atoms with Gasteiger partial charge in [-0.25, -0.2) is 9.97 Å². The fourth-order valence-corrected chi connectivity index (χ4v) is 3.10. The Morgan fingerprint density at radius 2 is 2.20 bits per heavy atom. The Hall–Kier alpha value is -0.430. The fourth-order valence-electron chi connectivity index (χ4n) is 2.45. The summed E-state index contributed by atoms with van der Waals surface area (Å²) < 4.78 is 6.87. The van der Waals surface area contributed by atoms with Crippen LogP contribution < -0.4 is 5.32 Å². The Morgan fingerprint density at radius 1 is 1.40 bits per heavy atom. The van der Waals surface area contributed by atoms with Crippen molar-refractivity contribution < 1.29 is 4.74 Å². The molecule has 1 atom stereocenters. The second kappa shape index (κ2) is 7.54. The van der Waals surface area contributed by atoms with Crippen LogP contribution in [-0.2, 0) is 17.6 Å². The van der Waals surface area contributed by atoms with Crippen molar-refractivity contribution in [2.75, 3.05) is 18.5 Å². The molecule has 5 heteroatoms. The molecule has 1 fully saturated rings. The van der Waals surface area contributed by atoms with E-state index in [-0.39, 0.29) is 0 Å². The van der Waals surface area contributed by atoms with E-state index in [1.807, 2.05) is 0 Å². The van der Waals surface area contributed by atoms with Gasteiger partial charge in [-0.05, 0) is 54.7 Å². The maximum Gasteiger partial charge on any atom is 0.143 e. The topological polar surface area (TPSA) is 47.0 Å². The van der Waals surface area contributed by atoms with Crippen LogP contribution >= 0.6 is 22.6 Å². The monoisotopic (exact) mass is 389 g/mol. The number of hydrogen-bond acceptors (Lipinski definition) is 4. The molecular weight excluding hydrogens is 365 g/mol. The average molecular weight is 389 g/mol. The highest BCUT2D eigenvalue weighted by atomic mass is 127. The molecule has 0 bridgehead atoms. The highest BCUT2D eigenvalue weighted by molar-refractivity contribution is 14.1. The molecule has 0 amide bonds. The van der Waals surface area contributed by atoms with Crippen LogP contribution in [-0.4, -0.2) is 29.2 Å². The normalized spacial score (nSPS) is 18.8. The molecule has 1 aliphatic rings. The van der Waals surface area contributed by atoms with E-state index < -0.39 is 0 Å². The summed E-state index contributed by atoms with van der Waals surface area (Å²) in [6.45, 7) is 8.32. The SMILES string of the molecule is CCNc1nc(CC2CCCO2)nc(CC(C)C)c1I. The molecule has 0 aliphatic carbocycles. The maximum atomic E-state index is 5.71. The molecule has 4 nitrogen and oxygen atoms in total. The fraction of sp³-hybridized carbons (Fsp3) is 0.733. The predicted octanol–water partition coefficient (Wildman–Crippen LogP) is 3.43. The number of hydrogen-bond donors (Lipinski definition) is 1. The first-order valence-corrected chi connectivity index (χ1v) is 8.58. The van der Waals surface area contributed by atoms with Gasteiger partial charge in [-0.15, -0.1) is 0 Å². The number of ether oxygens (including phenoxy) is 1. The van der Waals surface area contributed by atoms with Crippen LogP contribution in [0, 0.1) is 9.49 Å². The lowest BCUT2D eigenvalue weighted by molar-refractivity contribution is 0.110. The van der Waals surface area contributed by atoms with E-state index in [0.717, 1.165) is 54.0 Å². The summed E-state index contributed by atoms with van der Waals surface area (Å²) in [6.07, 6.45) is 4.42. The standard InChI is InChI=1S/C15H24IN3O/c1-4-17-15-14(16)12(8-10(2)3)18-13(19-15)9-11-6-5-7-20-11/h10-11H,4-9H2,1-3H3,(H,17,18,19). The van der Waals surface area contributed by atoms with Crippen molar-refractivity contribution in [1.29, 1.82) is 0 Å². The third kappa shape index (κ3) is 4.28. The van der Waals surface area contributed by atoms with Crippen molar-refractivity contribution in [3.63, 3.8) is 0 Å². The highest BCUT2D eigenvalue weighted by Crippen LogP contribution is 2.23. The number of aromatic nitrogens is 2. The lowest BCUT2D eigenvalue weighted by Crippen LogP contribution is -2.16. The van der Waals surface area contributed by atoms with Crippen LogP contribution in [0.5, 0.6) is 0 Å². The van der Waals surface area contributed by atoms with Gasteiger partial charge in [-0.1, -0.05) is 13.8 Å². The molecule has 1 saturated heterocycles. The van der Waals surface area contributed by atoms with Gasteiger partial charge in [0.2, 0.25) is 0 Å². The van der Waals surface area contributed by atoms with Gasteiger partial charge in [0, 0.05) is 19.6 Å². The van der Waals surface area contributed by atoms with Gasteiger partial charge < -0.3 is 10.1 Å². The summed E-state index contributed by atoms with van der Waals surface area (Å²) in [6, 6.07) is 0. The van der Waals surface area contributed by atoms with Crippen molar-refractivity contribution in [2.24, 2.45) is 5.92 Å². The minimum Gasteiger partial charge on any atom is -0.378 e. The molecule has 0 spiro atoms. The quantitative estimate of drug-likeness (QED) is 0.758. The first kappa shape index (κ1) is 15.9. The summed E-state index contributed by atoms with van der Waals surface area (Å²) in [5.41, 5.74) is 1.17. The molecule has 0 radical (unpaired) electrons. The van der Waals surface area contributed by atoms with E-state index in [1.165, 1.54) is 5.69 Å². The predicted molar refractivity (Wildman–Crippen MR) is 90.1 cm³/mol. The summed E-state index contributed by atoms with van der Waals surface area (Å²) >= 11 is 2.36. The van der Waals surface area contributed by atoms with Crippen molar-refractivity contribution in [1.82, 2.24) is 9.97 Å². The van der Waals surface area contributed by atoms with E-state index >= 15 is 0 Å². The molecule has 112 valence electrons. The summed E-state index contributed by atoms with van der Waals surface area (Å²) in [5.74, 6) is 2.50. The largest absolute Gasteiger partial charge is 0.378 e. The van der Waals surface area contributed by atoms with Crippen LogP contribution in [0.3, 0.4) is 0 Å². The van der Waals surface area contributed by atoms with E-state index in [9.17, 15) is 0 Å². The van der Waals surface area contributed by atoms with E-state index in [4.69, 9.17) is 9.72 Å². The van der Waals surface area contributed by atoms with Crippen LogP contribution in [0.15, 0.2) is 0 Å². The smallest absolute Gasteiger partial charge is 0.143 e. The van der Waals surface area contributed by atoms with E-state index in [2.05, 4.69) is 53.7 Å². The average Bonchev–Trinajstić information content (AvgIpc) is 2.87. The highest BCUT2D eigenvalue weighted by Gasteiger charge is 2.20. The number of anilines is 1. The van der Waals surface area contributed by atoms with E-state index in [0.29, 0.717) is 12.0 Å². The molecule has 2 rings (SSSR count). The maximum absolute atomic E-state index is 5.71. The van der Waals surface area contributed by atoms with E-state index in [1.54, 1.807) is 0 Å². The first-order valence-electron chi connectivity index (χ1n) is 7.50. The van der Waals surface area contributed by atoms with Gasteiger partial charge >= 0.3 is 0 Å². The molecule has 1 N–H and O–H groups in total. The Kier molecular flexibility index (Phi) is 6.01. The zero-order valence-electron chi connectivity index (χ0n) is 12.6. The van der Waals surface area contributed by atoms with Crippen LogP contribution in [0.4, 0.5) is 5.82 Å². The zero-order chi connectivity index (χ0) is 14.5. The summed E-state index contributed by atoms with van der Waals surface area (Å²) in [7, 11) is 0. The Balaban J connectivity index is 2.23. The lowest BCUT2D eigenvalue weighted by Gasteiger charge is -2.15. The molecule has 20 heavy (non-hydrogen) atoms. The lowest BCUT2D eigenvalue weighted by atomic mass is 10.1. The Bertz CT molecular complexity index is 445. The number of nitrogens with zero attached hydrogens (tertiary/aromatic N) is 2. The summed E-state index contributed by atoms with van der Waals surface area (Å²) in [4.78, 5) is 9.46. The van der Waals surface area contributed by atoms with Crippen LogP contribution in [0.2, 0.25) is 0 Å². The molecular formula is C15H24IN3O. The second-order valence-corrected chi connectivity index (χ2v) is 6.80. The second-order valence-electron chi connectivity index (χ2n) is 5.72. The van der Waals surface area contributed by atoms with Crippen molar-refractivity contribution in [2.45, 2.75) is 52.6 Å². The van der Waals surface area contributed by atoms with Crippen molar-refractivity contribution >= 4 is 28.4 Å². The van der Waals surface area contributed by atoms with Gasteiger partial charge in [0.05, 0.1) is 15.4 Å².